The summed E-state index contributed by atoms with van der Waals surface area (Å²) in [5.74, 6) is 1.70. The molecule has 2 heteroatoms. The molecule has 1 aliphatic rings. The molecule has 0 aromatic heterocycles. The van der Waals surface area contributed by atoms with Crippen molar-refractivity contribution in [1.82, 2.24) is 0 Å². The van der Waals surface area contributed by atoms with Crippen LogP contribution in [0, 0.1) is 11.8 Å². The van der Waals surface area contributed by atoms with Gasteiger partial charge in [0.15, 0.2) is 0 Å². The maximum Gasteiger partial charge on any atom is 0.0178 e. The summed E-state index contributed by atoms with van der Waals surface area (Å²) in [6.45, 7) is 2.30. The average Bonchev–Trinajstić information content (AvgIpc) is 2.40. The molecule has 1 aliphatic carbocycles. The van der Waals surface area contributed by atoms with Crippen molar-refractivity contribution in [3.05, 3.63) is 34.3 Å². The molecule has 2 N–H and O–H groups in total. The number of rotatable bonds is 5. The maximum atomic E-state index is 6.43. The molecule has 1 atom stereocenters. The second-order valence-electron chi connectivity index (χ2n) is 6.07. The van der Waals surface area contributed by atoms with Gasteiger partial charge in [0.2, 0.25) is 0 Å². The van der Waals surface area contributed by atoms with E-state index in [0.717, 1.165) is 22.7 Å². The molecule has 1 unspecified atom stereocenters. The van der Waals surface area contributed by atoms with Crippen LogP contribution in [0.25, 0.3) is 0 Å². The van der Waals surface area contributed by atoms with Gasteiger partial charge in [-0.25, -0.2) is 0 Å². The summed E-state index contributed by atoms with van der Waals surface area (Å²) in [4.78, 5) is 0. The largest absolute Gasteiger partial charge is 0.327 e. The van der Waals surface area contributed by atoms with Crippen LogP contribution in [-0.4, -0.2) is 6.04 Å². The smallest absolute Gasteiger partial charge is 0.0178 e. The van der Waals surface area contributed by atoms with Gasteiger partial charge in [-0.2, -0.15) is 0 Å². The van der Waals surface area contributed by atoms with E-state index in [-0.39, 0.29) is 0 Å². The van der Waals surface area contributed by atoms with Gasteiger partial charge in [0.25, 0.3) is 0 Å². The summed E-state index contributed by atoms with van der Waals surface area (Å²) in [6.07, 6.45) is 9.21. The van der Waals surface area contributed by atoms with E-state index in [0.29, 0.717) is 6.04 Å². The molecular formula is C17H26BrN. The monoisotopic (exact) mass is 323 g/mol. The third-order valence-electron chi connectivity index (χ3n) is 4.55. The van der Waals surface area contributed by atoms with Crippen molar-refractivity contribution in [1.29, 1.82) is 0 Å². The fourth-order valence-corrected chi connectivity index (χ4v) is 3.86. The molecule has 0 amide bonds. The fraction of sp³-hybridized carbons (Fsp3) is 0.647. The number of benzene rings is 1. The number of hydrogen-bond acceptors (Lipinski definition) is 1. The average molecular weight is 324 g/mol. The summed E-state index contributed by atoms with van der Waals surface area (Å²) in [5.41, 5.74) is 7.79. The van der Waals surface area contributed by atoms with Gasteiger partial charge in [-0.15, -0.1) is 0 Å². The zero-order valence-corrected chi connectivity index (χ0v) is 13.5. The van der Waals surface area contributed by atoms with Crippen LogP contribution in [0.2, 0.25) is 0 Å². The van der Waals surface area contributed by atoms with Gasteiger partial charge in [0.05, 0.1) is 0 Å². The lowest BCUT2D eigenvalue weighted by atomic mass is 9.76. The molecule has 0 heterocycles. The number of halogens is 1. The van der Waals surface area contributed by atoms with Crippen LogP contribution in [-0.2, 0) is 6.42 Å². The number of nitrogens with two attached hydrogens (primary N) is 1. The molecule has 0 saturated heterocycles. The van der Waals surface area contributed by atoms with Crippen LogP contribution in [0.3, 0.4) is 0 Å². The molecule has 2 rings (SSSR count). The van der Waals surface area contributed by atoms with Crippen molar-refractivity contribution in [2.45, 2.75) is 57.9 Å². The molecule has 1 saturated carbocycles. The van der Waals surface area contributed by atoms with Gasteiger partial charge < -0.3 is 5.73 Å². The molecule has 1 fully saturated rings. The predicted octanol–water partition coefficient (Wildman–Crippen LogP) is 4.93. The van der Waals surface area contributed by atoms with E-state index in [1.54, 1.807) is 0 Å². The summed E-state index contributed by atoms with van der Waals surface area (Å²) in [7, 11) is 0. The van der Waals surface area contributed by atoms with Crippen molar-refractivity contribution < 1.29 is 0 Å². The quantitative estimate of drug-likeness (QED) is 0.817. The first kappa shape index (κ1) is 15.1. The normalized spacial score (nSPS) is 25.2. The molecule has 1 nitrogen and oxygen atoms in total. The van der Waals surface area contributed by atoms with Crippen molar-refractivity contribution in [2.75, 3.05) is 0 Å². The van der Waals surface area contributed by atoms with E-state index in [1.807, 2.05) is 0 Å². The van der Waals surface area contributed by atoms with Crippen LogP contribution in [0.4, 0.5) is 0 Å². The lowest BCUT2D eigenvalue weighted by molar-refractivity contribution is 0.232. The van der Waals surface area contributed by atoms with Crippen LogP contribution < -0.4 is 5.73 Å². The molecule has 0 aliphatic heterocycles. The van der Waals surface area contributed by atoms with E-state index in [2.05, 4.69) is 47.1 Å². The van der Waals surface area contributed by atoms with Crippen LogP contribution in [0.5, 0.6) is 0 Å². The predicted molar refractivity (Wildman–Crippen MR) is 86.2 cm³/mol. The molecular weight excluding hydrogens is 298 g/mol. The summed E-state index contributed by atoms with van der Waals surface area (Å²) < 4.78 is 1.16. The Labute approximate surface area is 126 Å². The number of hydrogen-bond donors (Lipinski definition) is 1. The van der Waals surface area contributed by atoms with Gasteiger partial charge in [-0.3, -0.25) is 0 Å². The van der Waals surface area contributed by atoms with E-state index in [9.17, 15) is 0 Å². The molecule has 1 aromatic carbocycles. The van der Waals surface area contributed by atoms with Gasteiger partial charge in [0, 0.05) is 10.5 Å². The summed E-state index contributed by atoms with van der Waals surface area (Å²) in [6, 6.07) is 8.89. The third-order valence-corrected chi connectivity index (χ3v) is 5.05. The Bertz CT molecular complexity index is 383. The summed E-state index contributed by atoms with van der Waals surface area (Å²) in [5, 5.41) is 0. The molecule has 0 bridgehead atoms. The van der Waals surface area contributed by atoms with E-state index in [1.165, 1.54) is 44.1 Å². The SMILES string of the molecule is CCCC1CCC(C(N)Cc2cccc(Br)c2)CC1. The van der Waals surface area contributed by atoms with Crippen molar-refractivity contribution >= 4 is 15.9 Å². The molecule has 0 radical (unpaired) electrons. The molecule has 106 valence electrons. The van der Waals surface area contributed by atoms with E-state index >= 15 is 0 Å². The Hall–Kier alpha value is -0.340. The van der Waals surface area contributed by atoms with Gasteiger partial charge in [-0.05, 0) is 48.8 Å². The van der Waals surface area contributed by atoms with Crippen molar-refractivity contribution in [3.8, 4) is 0 Å². The first-order valence-electron chi connectivity index (χ1n) is 7.69. The van der Waals surface area contributed by atoms with Crippen molar-refractivity contribution in [3.63, 3.8) is 0 Å². The Morgan fingerprint density at radius 1 is 1.26 bits per heavy atom. The first-order valence-corrected chi connectivity index (χ1v) is 8.48. The highest BCUT2D eigenvalue weighted by Gasteiger charge is 2.25. The van der Waals surface area contributed by atoms with Crippen LogP contribution in [0.15, 0.2) is 28.7 Å². The molecule has 0 spiro atoms. The Balaban J connectivity index is 1.82. The maximum absolute atomic E-state index is 6.43. The van der Waals surface area contributed by atoms with Crippen LogP contribution >= 0.6 is 15.9 Å². The standard InChI is InChI=1S/C17H26BrN/c1-2-4-13-7-9-15(10-8-13)17(19)12-14-5-3-6-16(18)11-14/h3,5-6,11,13,15,17H,2,4,7-10,12,19H2,1H3. The lowest BCUT2D eigenvalue weighted by Gasteiger charge is -2.32. The zero-order valence-electron chi connectivity index (χ0n) is 11.9. The minimum atomic E-state index is 0.330. The van der Waals surface area contributed by atoms with E-state index in [4.69, 9.17) is 5.73 Å². The highest BCUT2D eigenvalue weighted by atomic mass is 79.9. The highest BCUT2D eigenvalue weighted by molar-refractivity contribution is 9.10. The van der Waals surface area contributed by atoms with E-state index < -0.39 is 0 Å². The van der Waals surface area contributed by atoms with Crippen molar-refractivity contribution in [2.24, 2.45) is 17.6 Å². The second-order valence-corrected chi connectivity index (χ2v) is 6.98. The first-order chi connectivity index (χ1) is 9.19. The van der Waals surface area contributed by atoms with Crippen LogP contribution in [0.1, 0.15) is 51.0 Å². The minimum Gasteiger partial charge on any atom is -0.327 e. The molecule has 1 aromatic rings. The van der Waals surface area contributed by atoms with Gasteiger partial charge >= 0.3 is 0 Å². The second kappa shape index (κ2) is 7.44. The Morgan fingerprint density at radius 3 is 2.63 bits per heavy atom. The minimum absolute atomic E-state index is 0.330. The highest BCUT2D eigenvalue weighted by Crippen LogP contribution is 2.33. The Kier molecular flexibility index (Phi) is 5.90. The third kappa shape index (κ3) is 4.61. The van der Waals surface area contributed by atoms with Gasteiger partial charge in [-0.1, -0.05) is 60.7 Å². The lowest BCUT2D eigenvalue weighted by Crippen LogP contribution is -2.34. The molecule has 19 heavy (non-hydrogen) atoms. The Morgan fingerprint density at radius 2 is 2.00 bits per heavy atom. The summed E-state index contributed by atoms with van der Waals surface area (Å²) >= 11 is 3.53. The zero-order chi connectivity index (χ0) is 13.7. The fourth-order valence-electron chi connectivity index (χ4n) is 3.42. The topological polar surface area (TPSA) is 26.0 Å². The van der Waals surface area contributed by atoms with Gasteiger partial charge in [0.1, 0.15) is 0 Å².